The molecule has 0 saturated heterocycles. The van der Waals surface area contributed by atoms with Gasteiger partial charge in [0.1, 0.15) is 5.60 Å². The standard InChI is InChI=1S/C16H22BrNO2/c1-11-7-14-10-18(15(19)20-16(2,3)4)6-5-12(14)8-13(11)9-17/h7-8H,5-6,9-10H2,1-4H3. The number of aryl methyl sites for hydroxylation is 1. The minimum Gasteiger partial charge on any atom is -0.444 e. The van der Waals surface area contributed by atoms with Crippen molar-refractivity contribution in [3.8, 4) is 0 Å². The number of hydrogen-bond acceptors (Lipinski definition) is 2. The first kappa shape index (κ1) is 15.4. The van der Waals surface area contributed by atoms with E-state index in [0.29, 0.717) is 6.54 Å². The molecule has 0 saturated carbocycles. The van der Waals surface area contributed by atoms with Crippen molar-refractivity contribution in [1.82, 2.24) is 4.90 Å². The number of nitrogens with zero attached hydrogens (tertiary/aromatic N) is 1. The fourth-order valence-corrected chi connectivity index (χ4v) is 3.01. The van der Waals surface area contributed by atoms with Gasteiger partial charge < -0.3 is 9.64 Å². The van der Waals surface area contributed by atoms with Crippen molar-refractivity contribution >= 4 is 22.0 Å². The van der Waals surface area contributed by atoms with E-state index >= 15 is 0 Å². The van der Waals surface area contributed by atoms with Crippen LogP contribution in [-0.4, -0.2) is 23.1 Å². The van der Waals surface area contributed by atoms with Gasteiger partial charge in [-0.1, -0.05) is 28.1 Å². The third kappa shape index (κ3) is 3.54. The second-order valence-electron chi connectivity index (χ2n) is 6.33. The van der Waals surface area contributed by atoms with Crippen LogP contribution in [0.4, 0.5) is 4.79 Å². The molecule has 1 aliphatic rings. The molecule has 4 heteroatoms. The van der Waals surface area contributed by atoms with E-state index in [1.807, 2.05) is 20.8 Å². The Kier molecular flexibility index (Phi) is 4.43. The first-order valence-corrected chi connectivity index (χ1v) is 8.07. The van der Waals surface area contributed by atoms with Crippen LogP contribution in [0, 0.1) is 6.92 Å². The summed E-state index contributed by atoms with van der Waals surface area (Å²) in [6, 6.07) is 4.45. The quantitative estimate of drug-likeness (QED) is 0.718. The van der Waals surface area contributed by atoms with Crippen molar-refractivity contribution < 1.29 is 9.53 Å². The molecule has 1 aromatic carbocycles. The Hall–Kier alpha value is -1.03. The van der Waals surface area contributed by atoms with Gasteiger partial charge in [-0.3, -0.25) is 0 Å². The van der Waals surface area contributed by atoms with E-state index in [1.54, 1.807) is 4.90 Å². The van der Waals surface area contributed by atoms with Crippen molar-refractivity contribution in [2.45, 2.75) is 51.6 Å². The van der Waals surface area contributed by atoms with E-state index in [-0.39, 0.29) is 6.09 Å². The van der Waals surface area contributed by atoms with E-state index in [4.69, 9.17) is 4.74 Å². The van der Waals surface area contributed by atoms with Gasteiger partial charge in [-0.2, -0.15) is 0 Å². The minimum atomic E-state index is -0.437. The molecule has 20 heavy (non-hydrogen) atoms. The highest BCUT2D eigenvalue weighted by atomic mass is 79.9. The normalized spacial score (nSPS) is 14.9. The van der Waals surface area contributed by atoms with Gasteiger partial charge >= 0.3 is 6.09 Å². The highest BCUT2D eigenvalue weighted by molar-refractivity contribution is 9.08. The van der Waals surface area contributed by atoms with Crippen LogP contribution in [0.3, 0.4) is 0 Å². The molecule has 0 fully saturated rings. The van der Waals surface area contributed by atoms with E-state index in [1.165, 1.54) is 22.3 Å². The Balaban J connectivity index is 2.15. The fourth-order valence-electron chi connectivity index (χ4n) is 2.41. The summed E-state index contributed by atoms with van der Waals surface area (Å²) in [4.78, 5) is 13.9. The lowest BCUT2D eigenvalue weighted by molar-refractivity contribution is 0.0224. The molecule has 0 bridgehead atoms. The summed E-state index contributed by atoms with van der Waals surface area (Å²) in [7, 11) is 0. The van der Waals surface area contributed by atoms with Crippen LogP contribution in [0.5, 0.6) is 0 Å². The Morgan fingerprint density at radius 2 is 2.05 bits per heavy atom. The number of alkyl halides is 1. The van der Waals surface area contributed by atoms with Crippen LogP contribution in [-0.2, 0) is 23.0 Å². The molecule has 1 aliphatic heterocycles. The molecule has 1 amide bonds. The van der Waals surface area contributed by atoms with Crippen LogP contribution in [0.15, 0.2) is 12.1 Å². The van der Waals surface area contributed by atoms with Gasteiger partial charge in [0.15, 0.2) is 0 Å². The molecule has 0 spiro atoms. The van der Waals surface area contributed by atoms with Crippen LogP contribution >= 0.6 is 15.9 Å². The molecule has 0 N–H and O–H groups in total. The second kappa shape index (κ2) is 5.76. The lowest BCUT2D eigenvalue weighted by atomic mass is 9.95. The molecular formula is C16H22BrNO2. The maximum atomic E-state index is 12.1. The predicted molar refractivity (Wildman–Crippen MR) is 84.2 cm³/mol. The van der Waals surface area contributed by atoms with Gasteiger partial charge in [-0.05, 0) is 56.4 Å². The molecular weight excluding hydrogens is 318 g/mol. The number of halogens is 1. The van der Waals surface area contributed by atoms with Crippen molar-refractivity contribution in [2.75, 3.05) is 6.54 Å². The van der Waals surface area contributed by atoms with Crippen molar-refractivity contribution in [1.29, 1.82) is 0 Å². The number of rotatable bonds is 1. The molecule has 3 nitrogen and oxygen atoms in total. The van der Waals surface area contributed by atoms with Crippen LogP contribution in [0.1, 0.15) is 43.0 Å². The number of fused-ring (bicyclic) bond motifs is 1. The van der Waals surface area contributed by atoms with Crippen LogP contribution in [0.25, 0.3) is 0 Å². The molecule has 1 aromatic rings. The Morgan fingerprint density at radius 3 is 2.65 bits per heavy atom. The summed E-state index contributed by atoms with van der Waals surface area (Å²) >= 11 is 3.52. The lowest BCUT2D eigenvalue weighted by Gasteiger charge is -2.31. The summed E-state index contributed by atoms with van der Waals surface area (Å²) in [6.07, 6.45) is 0.680. The topological polar surface area (TPSA) is 29.5 Å². The first-order chi connectivity index (χ1) is 9.30. The first-order valence-electron chi connectivity index (χ1n) is 6.95. The molecule has 0 unspecified atom stereocenters. The number of carbonyl (C=O) groups excluding carboxylic acids is 1. The summed E-state index contributed by atoms with van der Waals surface area (Å²) in [5, 5.41) is 0.877. The highest BCUT2D eigenvalue weighted by Crippen LogP contribution is 2.25. The Bertz CT molecular complexity index is 520. The van der Waals surface area contributed by atoms with E-state index in [9.17, 15) is 4.79 Å². The average molecular weight is 340 g/mol. The predicted octanol–water partition coefficient (Wildman–Crippen LogP) is 4.18. The van der Waals surface area contributed by atoms with Gasteiger partial charge in [0, 0.05) is 18.4 Å². The average Bonchev–Trinajstić information content (AvgIpc) is 2.35. The molecule has 2 rings (SSSR count). The van der Waals surface area contributed by atoms with Crippen LogP contribution in [0.2, 0.25) is 0 Å². The number of amides is 1. The zero-order valence-electron chi connectivity index (χ0n) is 12.6. The van der Waals surface area contributed by atoms with Gasteiger partial charge in [0.25, 0.3) is 0 Å². The van der Waals surface area contributed by atoms with Gasteiger partial charge in [0.05, 0.1) is 0 Å². The minimum absolute atomic E-state index is 0.217. The molecule has 0 atom stereocenters. The summed E-state index contributed by atoms with van der Waals surface area (Å²) in [5.41, 5.74) is 4.75. The third-order valence-corrected chi connectivity index (χ3v) is 4.07. The second-order valence-corrected chi connectivity index (χ2v) is 6.89. The Labute approximate surface area is 129 Å². The molecule has 0 aliphatic carbocycles. The molecule has 0 aromatic heterocycles. The highest BCUT2D eigenvalue weighted by Gasteiger charge is 2.25. The Morgan fingerprint density at radius 1 is 1.35 bits per heavy atom. The third-order valence-electron chi connectivity index (χ3n) is 3.47. The van der Waals surface area contributed by atoms with Crippen molar-refractivity contribution in [2.24, 2.45) is 0 Å². The largest absolute Gasteiger partial charge is 0.444 e. The smallest absolute Gasteiger partial charge is 0.410 e. The maximum Gasteiger partial charge on any atom is 0.410 e. The molecule has 1 heterocycles. The number of carbonyl (C=O) groups is 1. The zero-order chi connectivity index (χ0) is 14.9. The van der Waals surface area contributed by atoms with E-state index in [2.05, 4.69) is 35.0 Å². The van der Waals surface area contributed by atoms with Crippen LogP contribution < -0.4 is 0 Å². The fraction of sp³-hybridized carbons (Fsp3) is 0.562. The number of ether oxygens (including phenoxy) is 1. The van der Waals surface area contributed by atoms with Gasteiger partial charge in [-0.25, -0.2) is 4.79 Å². The van der Waals surface area contributed by atoms with Crippen molar-refractivity contribution in [3.63, 3.8) is 0 Å². The zero-order valence-corrected chi connectivity index (χ0v) is 14.2. The van der Waals surface area contributed by atoms with Crippen molar-refractivity contribution in [3.05, 3.63) is 34.4 Å². The number of benzene rings is 1. The molecule has 0 radical (unpaired) electrons. The number of hydrogen-bond donors (Lipinski definition) is 0. The summed E-state index contributed by atoms with van der Waals surface area (Å²) in [6.45, 7) is 9.18. The summed E-state index contributed by atoms with van der Waals surface area (Å²) in [5.74, 6) is 0. The maximum absolute atomic E-state index is 12.1. The molecule has 110 valence electrons. The van der Waals surface area contributed by atoms with Gasteiger partial charge in [0.2, 0.25) is 0 Å². The summed E-state index contributed by atoms with van der Waals surface area (Å²) < 4.78 is 5.45. The SMILES string of the molecule is Cc1cc2c(cc1CBr)CCN(C(=O)OC(C)(C)C)C2. The monoisotopic (exact) mass is 339 g/mol. The van der Waals surface area contributed by atoms with Gasteiger partial charge in [-0.15, -0.1) is 0 Å². The van der Waals surface area contributed by atoms with E-state index < -0.39 is 5.60 Å². The lowest BCUT2D eigenvalue weighted by Crippen LogP contribution is -2.39. The van der Waals surface area contributed by atoms with E-state index in [0.717, 1.165) is 18.3 Å².